The first-order valence-electron chi connectivity index (χ1n) is 6.40. The highest BCUT2D eigenvalue weighted by atomic mass is 19.4. The van der Waals surface area contributed by atoms with Crippen LogP contribution in [0.25, 0.3) is 11.3 Å². The van der Waals surface area contributed by atoms with Gasteiger partial charge in [0.05, 0.1) is 5.69 Å². The van der Waals surface area contributed by atoms with Crippen molar-refractivity contribution in [1.29, 1.82) is 0 Å². The number of benzene rings is 1. The molecular weight excluding hydrogens is 279 g/mol. The molecule has 2 N–H and O–H groups in total. The molecule has 0 saturated heterocycles. The standard InChI is InChI=1S/C15H16F3N3/c1-14(2,3)10-6-4-9(5-7-10)11-8-12(19)21-13(20-11)15(16,17)18/h4-8H,1-3H3,(H2,19,20,21). The summed E-state index contributed by atoms with van der Waals surface area (Å²) in [5, 5.41) is 0. The van der Waals surface area contributed by atoms with Gasteiger partial charge in [-0.05, 0) is 11.0 Å². The summed E-state index contributed by atoms with van der Waals surface area (Å²) >= 11 is 0. The molecule has 0 fully saturated rings. The van der Waals surface area contributed by atoms with E-state index >= 15 is 0 Å². The van der Waals surface area contributed by atoms with E-state index in [0.29, 0.717) is 5.56 Å². The van der Waals surface area contributed by atoms with Crippen molar-refractivity contribution >= 4 is 5.82 Å². The topological polar surface area (TPSA) is 51.8 Å². The first-order valence-corrected chi connectivity index (χ1v) is 6.40. The lowest BCUT2D eigenvalue weighted by Gasteiger charge is -2.19. The quantitative estimate of drug-likeness (QED) is 0.863. The minimum absolute atomic E-state index is 0.0274. The molecule has 0 spiro atoms. The third-order valence-electron chi connectivity index (χ3n) is 3.05. The van der Waals surface area contributed by atoms with E-state index < -0.39 is 12.0 Å². The molecule has 3 nitrogen and oxygen atoms in total. The van der Waals surface area contributed by atoms with Crippen LogP contribution in [0.15, 0.2) is 30.3 Å². The molecule has 0 amide bonds. The number of nitrogens with two attached hydrogens (primary N) is 1. The maximum absolute atomic E-state index is 12.7. The average Bonchev–Trinajstić information content (AvgIpc) is 2.36. The fourth-order valence-corrected chi connectivity index (χ4v) is 1.88. The summed E-state index contributed by atoms with van der Waals surface area (Å²) in [6.45, 7) is 6.19. The zero-order valence-electron chi connectivity index (χ0n) is 12.0. The lowest BCUT2D eigenvalue weighted by molar-refractivity contribution is -0.144. The van der Waals surface area contributed by atoms with E-state index in [1.165, 1.54) is 6.07 Å². The maximum Gasteiger partial charge on any atom is 0.451 e. The van der Waals surface area contributed by atoms with Gasteiger partial charge in [-0.15, -0.1) is 0 Å². The van der Waals surface area contributed by atoms with E-state index in [0.717, 1.165) is 5.56 Å². The Kier molecular flexibility index (Phi) is 3.65. The van der Waals surface area contributed by atoms with Gasteiger partial charge in [-0.2, -0.15) is 13.2 Å². The molecule has 0 aliphatic rings. The number of alkyl halides is 3. The molecule has 21 heavy (non-hydrogen) atoms. The van der Waals surface area contributed by atoms with Crippen LogP contribution in [0.3, 0.4) is 0 Å². The van der Waals surface area contributed by atoms with Gasteiger partial charge in [-0.25, -0.2) is 9.97 Å². The summed E-state index contributed by atoms with van der Waals surface area (Å²) in [7, 11) is 0. The Morgan fingerprint density at radius 3 is 2.00 bits per heavy atom. The molecule has 0 radical (unpaired) electrons. The number of rotatable bonds is 1. The number of hydrogen-bond acceptors (Lipinski definition) is 3. The van der Waals surface area contributed by atoms with Crippen LogP contribution in [-0.4, -0.2) is 9.97 Å². The summed E-state index contributed by atoms with van der Waals surface area (Å²) < 4.78 is 38.1. The van der Waals surface area contributed by atoms with Crippen molar-refractivity contribution in [2.24, 2.45) is 0 Å². The Balaban J connectivity index is 2.45. The van der Waals surface area contributed by atoms with E-state index in [9.17, 15) is 13.2 Å². The third kappa shape index (κ3) is 3.51. The normalized spacial score (nSPS) is 12.5. The van der Waals surface area contributed by atoms with Gasteiger partial charge in [0.1, 0.15) is 5.82 Å². The number of hydrogen-bond donors (Lipinski definition) is 1. The van der Waals surface area contributed by atoms with E-state index in [1.807, 2.05) is 12.1 Å². The average molecular weight is 295 g/mol. The van der Waals surface area contributed by atoms with Gasteiger partial charge in [0, 0.05) is 11.6 Å². The molecule has 0 aliphatic carbocycles. The number of nitrogens with zero attached hydrogens (tertiary/aromatic N) is 2. The Hall–Kier alpha value is -2.11. The minimum Gasteiger partial charge on any atom is -0.384 e. The lowest BCUT2D eigenvalue weighted by atomic mass is 9.86. The van der Waals surface area contributed by atoms with Crippen molar-refractivity contribution < 1.29 is 13.2 Å². The van der Waals surface area contributed by atoms with Crippen LogP contribution < -0.4 is 5.73 Å². The van der Waals surface area contributed by atoms with Crippen LogP contribution in [0.2, 0.25) is 0 Å². The van der Waals surface area contributed by atoms with Crippen LogP contribution in [0.1, 0.15) is 32.2 Å². The minimum atomic E-state index is -4.62. The number of halogens is 3. The third-order valence-corrected chi connectivity index (χ3v) is 3.05. The molecule has 0 unspecified atom stereocenters. The van der Waals surface area contributed by atoms with Gasteiger partial charge in [-0.1, -0.05) is 45.0 Å². The van der Waals surface area contributed by atoms with Crippen molar-refractivity contribution in [3.05, 3.63) is 41.7 Å². The largest absolute Gasteiger partial charge is 0.451 e. The lowest BCUT2D eigenvalue weighted by Crippen LogP contribution is -2.13. The van der Waals surface area contributed by atoms with Crippen molar-refractivity contribution in [1.82, 2.24) is 9.97 Å². The Labute approximate surface area is 121 Å². The van der Waals surface area contributed by atoms with Crippen molar-refractivity contribution in [2.75, 3.05) is 5.73 Å². The van der Waals surface area contributed by atoms with Gasteiger partial charge in [-0.3, -0.25) is 0 Å². The Morgan fingerprint density at radius 2 is 1.52 bits per heavy atom. The second-order valence-electron chi connectivity index (χ2n) is 5.83. The fraction of sp³-hybridized carbons (Fsp3) is 0.333. The maximum atomic E-state index is 12.7. The highest BCUT2D eigenvalue weighted by Gasteiger charge is 2.35. The summed E-state index contributed by atoms with van der Waals surface area (Å²) in [6, 6.07) is 8.56. The van der Waals surface area contributed by atoms with Crippen molar-refractivity contribution in [3.8, 4) is 11.3 Å². The van der Waals surface area contributed by atoms with Crippen LogP contribution >= 0.6 is 0 Å². The van der Waals surface area contributed by atoms with E-state index in [-0.39, 0.29) is 16.9 Å². The summed E-state index contributed by atoms with van der Waals surface area (Å²) in [5.41, 5.74) is 7.24. The van der Waals surface area contributed by atoms with Gasteiger partial charge in [0.25, 0.3) is 0 Å². The predicted octanol–water partition coefficient (Wildman–Crippen LogP) is 4.04. The van der Waals surface area contributed by atoms with E-state index in [2.05, 4.69) is 30.7 Å². The molecule has 2 rings (SSSR count). The molecule has 2 aromatic rings. The van der Waals surface area contributed by atoms with Gasteiger partial charge >= 0.3 is 6.18 Å². The Bertz CT molecular complexity index is 641. The smallest absolute Gasteiger partial charge is 0.384 e. The van der Waals surface area contributed by atoms with Crippen molar-refractivity contribution in [2.45, 2.75) is 32.4 Å². The first kappa shape index (κ1) is 15.3. The van der Waals surface area contributed by atoms with Gasteiger partial charge in [0.15, 0.2) is 0 Å². The van der Waals surface area contributed by atoms with Crippen LogP contribution in [0.5, 0.6) is 0 Å². The Morgan fingerprint density at radius 1 is 0.952 bits per heavy atom. The monoisotopic (exact) mass is 295 g/mol. The molecule has 0 bridgehead atoms. The first-order chi connectivity index (χ1) is 9.57. The second-order valence-corrected chi connectivity index (χ2v) is 5.83. The molecule has 1 aromatic carbocycles. The zero-order chi connectivity index (χ0) is 15.8. The molecule has 0 aliphatic heterocycles. The van der Waals surface area contributed by atoms with E-state index in [1.54, 1.807) is 12.1 Å². The zero-order valence-corrected chi connectivity index (χ0v) is 12.0. The highest BCUT2D eigenvalue weighted by Crippen LogP contribution is 2.30. The molecule has 0 atom stereocenters. The number of anilines is 1. The van der Waals surface area contributed by atoms with Gasteiger partial charge < -0.3 is 5.73 Å². The van der Waals surface area contributed by atoms with Crippen LogP contribution in [-0.2, 0) is 11.6 Å². The van der Waals surface area contributed by atoms with Crippen LogP contribution in [0.4, 0.5) is 19.0 Å². The van der Waals surface area contributed by atoms with Crippen LogP contribution in [0, 0.1) is 0 Å². The molecule has 0 saturated carbocycles. The fourth-order valence-electron chi connectivity index (χ4n) is 1.88. The van der Waals surface area contributed by atoms with E-state index in [4.69, 9.17) is 5.73 Å². The highest BCUT2D eigenvalue weighted by molar-refractivity contribution is 5.62. The van der Waals surface area contributed by atoms with Gasteiger partial charge in [0.2, 0.25) is 5.82 Å². The molecule has 6 heteroatoms. The summed E-state index contributed by atoms with van der Waals surface area (Å²) in [5.74, 6) is -1.43. The molecular formula is C15H16F3N3. The molecule has 1 heterocycles. The van der Waals surface area contributed by atoms with Crippen molar-refractivity contribution in [3.63, 3.8) is 0 Å². The predicted molar refractivity (Wildman–Crippen MR) is 75.6 cm³/mol. The molecule has 1 aromatic heterocycles. The number of nitrogen functional groups attached to an aromatic ring is 1. The number of aromatic nitrogens is 2. The SMILES string of the molecule is CC(C)(C)c1ccc(-c2cc(N)nc(C(F)(F)F)n2)cc1. The second kappa shape index (κ2) is 5.02. The molecule has 112 valence electrons. The summed E-state index contributed by atoms with van der Waals surface area (Å²) in [6.07, 6.45) is -4.62. The summed E-state index contributed by atoms with van der Waals surface area (Å²) in [4.78, 5) is 6.78.